The highest BCUT2D eigenvalue weighted by Crippen LogP contribution is 2.44. The lowest BCUT2D eigenvalue weighted by Crippen LogP contribution is -2.00. The number of fused-ring (bicyclic) bond motifs is 10. The smallest absolute Gasteiger partial charge is 0.164 e. The molecular weight excluding hydrogens is 717 g/mol. The van der Waals surface area contributed by atoms with Crippen LogP contribution in [0.3, 0.4) is 0 Å². The molecular formula is C50H30N6S. The molecule has 12 rings (SSSR count). The second-order valence-electron chi connectivity index (χ2n) is 14.3. The number of pyridine rings is 1. The minimum absolute atomic E-state index is 0.646. The van der Waals surface area contributed by atoms with Gasteiger partial charge in [-0.25, -0.2) is 19.9 Å². The van der Waals surface area contributed by atoms with Crippen LogP contribution in [-0.4, -0.2) is 29.1 Å². The molecule has 0 atom stereocenters. The Labute approximate surface area is 330 Å². The number of hydrogen-bond acceptors (Lipinski definition) is 5. The zero-order valence-electron chi connectivity index (χ0n) is 30.4. The summed E-state index contributed by atoms with van der Waals surface area (Å²) in [5, 5.41) is 7.02. The number of hydrogen-bond donors (Lipinski definition) is 0. The lowest BCUT2D eigenvalue weighted by atomic mass is 10.0. The number of rotatable bonds is 5. The molecule has 0 bridgehead atoms. The molecule has 0 saturated heterocycles. The number of nitrogens with zero attached hydrogens (tertiary/aromatic N) is 6. The molecule has 12 aromatic rings. The second kappa shape index (κ2) is 12.5. The Kier molecular flexibility index (Phi) is 7.00. The van der Waals surface area contributed by atoms with E-state index in [-0.39, 0.29) is 0 Å². The van der Waals surface area contributed by atoms with Crippen molar-refractivity contribution in [1.29, 1.82) is 0 Å². The standard InChI is InChI=1S/C50H30N6S/c1-4-14-31(15-5-1)47-52-48(32-16-6-2-7-17-32)54-49(53-47)37-21-12-24-43-44(37)39-30-34(25-28-42(39)57-43)56-41-27-26-36-35-20-10-11-23-40(35)55(33-18-8-3-9-19-33)46(36)45(41)38-22-13-29-51-50(38)56/h1-30H. The van der Waals surface area contributed by atoms with Crippen molar-refractivity contribution in [3.05, 3.63) is 182 Å². The normalized spacial score (nSPS) is 11.9. The van der Waals surface area contributed by atoms with Crippen LogP contribution < -0.4 is 0 Å². The molecule has 0 aliphatic heterocycles. The van der Waals surface area contributed by atoms with E-state index < -0.39 is 0 Å². The van der Waals surface area contributed by atoms with Crippen molar-refractivity contribution in [1.82, 2.24) is 29.1 Å². The summed E-state index contributed by atoms with van der Waals surface area (Å²) in [7, 11) is 0. The van der Waals surface area contributed by atoms with Crippen LogP contribution in [-0.2, 0) is 0 Å². The molecule has 266 valence electrons. The maximum atomic E-state index is 5.14. The second-order valence-corrected chi connectivity index (χ2v) is 15.3. The molecule has 7 aromatic carbocycles. The van der Waals surface area contributed by atoms with Crippen molar-refractivity contribution in [3.63, 3.8) is 0 Å². The molecule has 0 amide bonds. The molecule has 6 nitrogen and oxygen atoms in total. The van der Waals surface area contributed by atoms with E-state index in [0.29, 0.717) is 17.5 Å². The first-order valence-corrected chi connectivity index (χ1v) is 19.8. The number of benzene rings is 7. The van der Waals surface area contributed by atoms with E-state index >= 15 is 0 Å². The van der Waals surface area contributed by atoms with Crippen LogP contribution in [0.5, 0.6) is 0 Å². The molecule has 0 aliphatic rings. The summed E-state index contributed by atoms with van der Waals surface area (Å²) < 4.78 is 7.11. The Balaban J connectivity index is 1.13. The Bertz CT molecular complexity index is 3460. The first kappa shape index (κ1) is 31.8. The van der Waals surface area contributed by atoms with Gasteiger partial charge in [-0.1, -0.05) is 115 Å². The van der Waals surface area contributed by atoms with Gasteiger partial charge in [-0.05, 0) is 60.7 Å². The maximum Gasteiger partial charge on any atom is 0.164 e. The zero-order valence-corrected chi connectivity index (χ0v) is 31.2. The summed E-state index contributed by atoms with van der Waals surface area (Å²) in [4.78, 5) is 20.3. The Morgan fingerprint density at radius 3 is 1.86 bits per heavy atom. The van der Waals surface area contributed by atoms with Crippen LogP contribution in [0.25, 0.3) is 109 Å². The van der Waals surface area contributed by atoms with Gasteiger partial charge >= 0.3 is 0 Å². The van der Waals surface area contributed by atoms with Gasteiger partial charge in [0.05, 0.1) is 16.6 Å². The largest absolute Gasteiger partial charge is 0.309 e. The maximum absolute atomic E-state index is 5.14. The summed E-state index contributed by atoms with van der Waals surface area (Å²) in [6, 6.07) is 61.7. The molecule has 57 heavy (non-hydrogen) atoms. The van der Waals surface area contributed by atoms with Crippen LogP contribution in [0.15, 0.2) is 182 Å². The van der Waals surface area contributed by atoms with E-state index in [0.717, 1.165) is 55.4 Å². The first-order chi connectivity index (χ1) is 28.3. The quantitative estimate of drug-likeness (QED) is 0.176. The Morgan fingerprint density at radius 2 is 1.09 bits per heavy atom. The van der Waals surface area contributed by atoms with Gasteiger partial charge in [-0.2, -0.15) is 0 Å². The van der Waals surface area contributed by atoms with Crippen LogP contribution in [0, 0.1) is 0 Å². The molecule has 0 radical (unpaired) electrons. The van der Waals surface area contributed by atoms with E-state index in [1.165, 1.54) is 36.6 Å². The van der Waals surface area contributed by atoms with Crippen molar-refractivity contribution >= 4 is 75.3 Å². The van der Waals surface area contributed by atoms with Crippen molar-refractivity contribution in [2.24, 2.45) is 0 Å². The van der Waals surface area contributed by atoms with E-state index in [2.05, 4.69) is 118 Å². The lowest BCUT2D eigenvalue weighted by molar-refractivity contribution is 1.08. The SMILES string of the molecule is c1ccc(-c2nc(-c3ccccc3)nc(-c3cccc4sc5ccc(-n6c7ccc8c9ccccc9n(-c9ccccc9)c8c7c7cccnc76)cc5c34)n2)cc1. The Morgan fingerprint density at radius 1 is 0.404 bits per heavy atom. The van der Waals surface area contributed by atoms with Gasteiger partial charge < -0.3 is 4.57 Å². The van der Waals surface area contributed by atoms with E-state index in [1.54, 1.807) is 11.3 Å². The highest BCUT2D eigenvalue weighted by molar-refractivity contribution is 7.26. The third-order valence-corrected chi connectivity index (χ3v) is 12.2. The van der Waals surface area contributed by atoms with Gasteiger partial charge in [0.1, 0.15) is 5.65 Å². The molecule has 0 saturated carbocycles. The van der Waals surface area contributed by atoms with Crippen molar-refractivity contribution in [2.75, 3.05) is 0 Å². The molecule has 7 heteroatoms. The minimum atomic E-state index is 0.646. The van der Waals surface area contributed by atoms with E-state index in [4.69, 9.17) is 19.9 Å². The van der Waals surface area contributed by atoms with Crippen LogP contribution in [0.4, 0.5) is 0 Å². The van der Waals surface area contributed by atoms with Crippen LogP contribution in [0.2, 0.25) is 0 Å². The molecule has 0 N–H and O–H groups in total. The van der Waals surface area contributed by atoms with Gasteiger partial charge in [0.2, 0.25) is 0 Å². The monoisotopic (exact) mass is 746 g/mol. The van der Waals surface area contributed by atoms with Gasteiger partial charge in [0.15, 0.2) is 17.5 Å². The molecule has 0 spiro atoms. The number of thiophene rings is 1. The minimum Gasteiger partial charge on any atom is -0.309 e. The fourth-order valence-electron chi connectivity index (χ4n) is 8.56. The molecule has 0 fully saturated rings. The summed E-state index contributed by atoms with van der Waals surface area (Å²) in [6.45, 7) is 0. The van der Waals surface area contributed by atoms with Crippen LogP contribution in [0.1, 0.15) is 0 Å². The van der Waals surface area contributed by atoms with E-state index in [1.807, 2.05) is 72.9 Å². The number of aromatic nitrogens is 6. The molecule has 5 heterocycles. The molecule has 0 aliphatic carbocycles. The fourth-order valence-corrected chi connectivity index (χ4v) is 9.67. The lowest BCUT2D eigenvalue weighted by Gasteiger charge is -2.11. The van der Waals surface area contributed by atoms with E-state index in [9.17, 15) is 0 Å². The Hall–Kier alpha value is -7.48. The fraction of sp³-hybridized carbons (Fsp3) is 0. The van der Waals surface area contributed by atoms with Crippen LogP contribution >= 0.6 is 11.3 Å². The third-order valence-electron chi connectivity index (χ3n) is 11.0. The summed E-state index contributed by atoms with van der Waals surface area (Å²) in [5.74, 6) is 1.94. The predicted molar refractivity (Wildman–Crippen MR) is 235 cm³/mol. The number of para-hydroxylation sites is 2. The average molecular weight is 747 g/mol. The average Bonchev–Trinajstić information content (AvgIpc) is 3.94. The zero-order chi connectivity index (χ0) is 37.5. The molecule has 5 aromatic heterocycles. The van der Waals surface area contributed by atoms with Gasteiger partial charge in [0, 0.05) is 76.0 Å². The highest BCUT2D eigenvalue weighted by Gasteiger charge is 2.23. The van der Waals surface area contributed by atoms with Crippen molar-refractivity contribution in [2.45, 2.75) is 0 Å². The highest BCUT2D eigenvalue weighted by atomic mass is 32.1. The first-order valence-electron chi connectivity index (χ1n) is 19.0. The predicted octanol–water partition coefficient (Wildman–Crippen LogP) is 12.8. The van der Waals surface area contributed by atoms with Crippen molar-refractivity contribution in [3.8, 4) is 45.5 Å². The van der Waals surface area contributed by atoms with Crippen molar-refractivity contribution < 1.29 is 0 Å². The summed E-state index contributed by atoms with van der Waals surface area (Å²) in [6.07, 6.45) is 1.90. The van der Waals surface area contributed by atoms with Gasteiger partial charge in [0.25, 0.3) is 0 Å². The summed E-state index contributed by atoms with van der Waals surface area (Å²) in [5.41, 5.74) is 9.42. The van der Waals surface area contributed by atoms with Gasteiger partial charge in [-0.15, -0.1) is 11.3 Å². The third kappa shape index (κ3) is 4.89. The van der Waals surface area contributed by atoms with Gasteiger partial charge in [-0.3, -0.25) is 4.57 Å². The molecule has 0 unspecified atom stereocenters. The summed E-state index contributed by atoms with van der Waals surface area (Å²) >= 11 is 1.79. The topological polar surface area (TPSA) is 61.4 Å².